The van der Waals surface area contributed by atoms with Crippen LogP contribution >= 0.6 is 35.0 Å². The molecule has 42 heavy (non-hydrogen) atoms. The van der Waals surface area contributed by atoms with Gasteiger partial charge in [0.25, 0.3) is 11.8 Å². The lowest BCUT2D eigenvalue weighted by Crippen LogP contribution is -2.36. The fraction of sp³-hybridized carbons (Fsp3) is 0.129. The van der Waals surface area contributed by atoms with Crippen molar-refractivity contribution < 1.29 is 9.59 Å². The van der Waals surface area contributed by atoms with Gasteiger partial charge in [-0.05, 0) is 68.6 Å². The molecule has 0 unspecified atom stereocenters. The highest BCUT2D eigenvalue weighted by molar-refractivity contribution is 7.98. The summed E-state index contributed by atoms with van der Waals surface area (Å²) in [6.07, 6.45) is 3.61. The molecule has 0 bridgehead atoms. The summed E-state index contributed by atoms with van der Waals surface area (Å²) in [6, 6.07) is 23.5. The average molecular weight is 620 g/mol. The van der Waals surface area contributed by atoms with Crippen molar-refractivity contribution in [3.8, 4) is 0 Å². The van der Waals surface area contributed by atoms with Gasteiger partial charge in [-0.2, -0.15) is 0 Å². The third kappa shape index (κ3) is 6.33. The molecule has 0 fully saturated rings. The molecular weight excluding hydrogens is 591 g/mol. The van der Waals surface area contributed by atoms with Gasteiger partial charge in [-0.25, -0.2) is 9.66 Å². The van der Waals surface area contributed by atoms with Crippen molar-refractivity contribution in [2.45, 2.75) is 24.9 Å². The first kappa shape index (κ1) is 29.3. The molecular formula is C31H28Cl2N6O2S. The average Bonchev–Trinajstić information content (AvgIpc) is 3.35. The third-order valence-electron chi connectivity index (χ3n) is 6.66. The van der Waals surface area contributed by atoms with Crippen LogP contribution in [-0.2, 0) is 9.59 Å². The van der Waals surface area contributed by atoms with Gasteiger partial charge in [-0.15, -0.1) is 0 Å². The molecule has 5 rings (SSSR count). The number of benzene rings is 3. The van der Waals surface area contributed by atoms with E-state index in [0.717, 1.165) is 5.69 Å². The minimum atomic E-state index is -0.797. The minimum Gasteiger partial charge on any atom is -0.362 e. The number of amides is 2. The highest BCUT2D eigenvalue weighted by Crippen LogP contribution is 2.40. The van der Waals surface area contributed by atoms with Crippen molar-refractivity contribution >= 4 is 63.8 Å². The van der Waals surface area contributed by atoms with Gasteiger partial charge in [0.05, 0.1) is 23.5 Å². The largest absolute Gasteiger partial charge is 0.362 e. The number of aromatic nitrogens is 2. The lowest BCUT2D eigenvalue weighted by Gasteiger charge is -2.32. The van der Waals surface area contributed by atoms with E-state index in [0.29, 0.717) is 54.8 Å². The highest BCUT2D eigenvalue weighted by atomic mass is 35.5. The molecule has 1 aliphatic rings. The quantitative estimate of drug-likeness (QED) is 0.155. The van der Waals surface area contributed by atoms with Gasteiger partial charge in [0.15, 0.2) is 5.16 Å². The number of dihydropyridines is 1. The molecule has 1 aliphatic heterocycles. The smallest absolute Gasteiger partial charge is 0.254 e. The normalized spacial score (nSPS) is 13.5. The molecule has 0 atom stereocenters. The summed E-state index contributed by atoms with van der Waals surface area (Å²) < 4.78 is 1.82. The van der Waals surface area contributed by atoms with E-state index < -0.39 is 5.92 Å². The number of anilines is 3. The summed E-state index contributed by atoms with van der Waals surface area (Å²) in [5, 5.41) is 10.8. The number of allylic oxidation sites excluding steroid dienone is 2. The summed E-state index contributed by atoms with van der Waals surface area (Å²) in [5.41, 5.74) is 7.82. The van der Waals surface area contributed by atoms with Crippen LogP contribution in [0, 0.1) is 0 Å². The van der Waals surface area contributed by atoms with Crippen LogP contribution in [-0.4, -0.2) is 27.7 Å². The Morgan fingerprint density at radius 2 is 1.33 bits per heavy atom. The zero-order valence-corrected chi connectivity index (χ0v) is 25.4. The van der Waals surface area contributed by atoms with Crippen LogP contribution in [0.1, 0.15) is 25.5 Å². The van der Waals surface area contributed by atoms with E-state index in [2.05, 4.69) is 26.4 Å². The van der Waals surface area contributed by atoms with Crippen molar-refractivity contribution in [2.24, 2.45) is 0 Å². The van der Waals surface area contributed by atoms with Crippen LogP contribution in [0.3, 0.4) is 0 Å². The number of hydrogen-bond donors (Lipinski definition) is 4. The van der Waals surface area contributed by atoms with Crippen LogP contribution < -0.4 is 21.4 Å². The lowest BCUT2D eigenvalue weighted by atomic mass is 9.82. The molecule has 2 heterocycles. The maximum atomic E-state index is 14.0. The van der Waals surface area contributed by atoms with Crippen LogP contribution in [0.15, 0.2) is 113 Å². The molecule has 11 heteroatoms. The number of hydrogen-bond acceptors (Lipinski definition) is 6. The Labute approximate surface area is 258 Å². The van der Waals surface area contributed by atoms with E-state index in [4.69, 9.17) is 23.2 Å². The Balaban J connectivity index is 1.63. The van der Waals surface area contributed by atoms with Crippen molar-refractivity contribution in [2.75, 3.05) is 22.3 Å². The van der Waals surface area contributed by atoms with Gasteiger partial charge in [-0.3, -0.25) is 15.0 Å². The first-order valence-electron chi connectivity index (χ1n) is 13.0. The second-order valence-electron chi connectivity index (χ2n) is 9.55. The Kier molecular flexibility index (Phi) is 8.91. The molecule has 2 amide bonds. The number of para-hydroxylation sites is 1. The molecule has 0 aliphatic carbocycles. The van der Waals surface area contributed by atoms with E-state index >= 15 is 0 Å². The zero-order valence-electron chi connectivity index (χ0n) is 23.0. The Morgan fingerprint density at radius 3 is 1.83 bits per heavy atom. The molecule has 0 spiro atoms. The standard InChI is InChI=1S/C31H28Cl2N6O2S/c1-18-26(29(40)36-23-13-7-9-20(32)15-23)28(25-17-34-31(42-3)39(25)38-22-11-5-4-6-12-22)27(19(2)35-18)30(41)37-24-14-8-10-21(33)16-24/h4-17,28,35,38H,1-3H3,(H,36,40)(H,37,41). The van der Waals surface area contributed by atoms with Gasteiger partial charge in [0.1, 0.15) is 0 Å². The predicted molar refractivity (Wildman–Crippen MR) is 171 cm³/mol. The van der Waals surface area contributed by atoms with E-state index in [1.165, 1.54) is 11.8 Å². The minimum absolute atomic E-state index is 0.362. The number of rotatable bonds is 8. The summed E-state index contributed by atoms with van der Waals surface area (Å²) in [5.74, 6) is -1.56. The van der Waals surface area contributed by atoms with Gasteiger partial charge >= 0.3 is 0 Å². The molecule has 214 valence electrons. The highest BCUT2D eigenvalue weighted by Gasteiger charge is 2.39. The lowest BCUT2D eigenvalue weighted by molar-refractivity contribution is -0.113. The number of imidazole rings is 1. The van der Waals surface area contributed by atoms with Crippen LogP contribution in [0.5, 0.6) is 0 Å². The third-order valence-corrected chi connectivity index (χ3v) is 7.79. The second-order valence-corrected chi connectivity index (χ2v) is 11.2. The van der Waals surface area contributed by atoms with E-state index in [1.54, 1.807) is 54.7 Å². The molecule has 4 N–H and O–H groups in total. The number of carbonyl (C=O) groups is 2. The number of nitrogens with one attached hydrogen (secondary N) is 4. The van der Waals surface area contributed by atoms with Crippen molar-refractivity contribution in [3.63, 3.8) is 0 Å². The van der Waals surface area contributed by atoms with Crippen molar-refractivity contribution in [1.82, 2.24) is 15.0 Å². The topological polar surface area (TPSA) is 100 Å². The van der Waals surface area contributed by atoms with Gasteiger partial charge in [0, 0.05) is 44.0 Å². The molecule has 0 radical (unpaired) electrons. The van der Waals surface area contributed by atoms with Crippen LogP contribution in [0.2, 0.25) is 10.0 Å². The van der Waals surface area contributed by atoms with Gasteiger partial charge in [0.2, 0.25) is 0 Å². The number of halogens is 2. The maximum absolute atomic E-state index is 14.0. The molecule has 4 aromatic rings. The fourth-order valence-electron chi connectivity index (χ4n) is 4.87. The predicted octanol–water partition coefficient (Wildman–Crippen LogP) is 7.30. The van der Waals surface area contributed by atoms with Crippen LogP contribution in [0.25, 0.3) is 0 Å². The van der Waals surface area contributed by atoms with Crippen molar-refractivity contribution in [1.29, 1.82) is 0 Å². The van der Waals surface area contributed by atoms with E-state index in [-0.39, 0.29) is 11.8 Å². The molecule has 3 aromatic carbocycles. The van der Waals surface area contributed by atoms with Gasteiger partial charge in [-0.1, -0.05) is 65.3 Å². The molecule has 0 saturated heterocycles. The van der Waals surface area contributed by atoms with E-state index in [9.17, 15) is 9.59 Å². The van der Waals surface area contributed by atoms with E-state index in [1.807, 2.05) is 55.1 Å². The fourth-order valence-corrected chi connectivity index (χ4v) is 5.74. The number of carbonyl (C=O) groups excluding carboxylic acids is 2. The zero-order chi connectivity index (χ0) is 29.8. The Hall–Kier alpha value is -4.18. The first-order chi connectivity index (χ1) is 20.2. The Bertz CT molecular complexity index is 1640. The summed E-state index contributed by atoms with van der Waals surface area (Å²) in [6.45, 7) is 3.63. The number of nitrogens with zero attached hydrogens (tertiary/aromatic N) is 2. The van der Waals surface area contributed by atoms with Crippen molar-refractivity contribution in [3.05, 3.63) is 123 Å². The monoisotopic (exact) mass is 618 g/mol. The maximum Gasteiger partial charge on any atom is 0.254 e. The summed E-state index contributed by atoms with van der Waals surface area (Å²) >= 11 is 13.8. The molecule has 8 nitrogen and oxygen atoms in total. The second kappa shape index (κ2) is 12.8. The first-order valence-corrected chi connectivity index (χ1v) is 15.0. The SMILES string of the molecule is CSc1ncc(C2C(C(=O)Nc3cccc(Cl)c3)=C(C)NC(C)=C2C(=O)Nc2cccc(Cl)c2)n1Nc1ccccc1. The Morgan fingerprint density at radius 1 is 0.810 bits per heavy atom. The van der Waals surface area contributed by atoms with Gasteiger partial charge < -0.3 is 16.0 Å². The summed E-state index contributed by atoms with van der Waals surface area (Å²) in [4.78, 5) is 32.7. The summed E-state index contributed by atoms with van der Waals surface area (Å²) in [7, 11) is 0. The number of thioether (sulfide) groups is 1. The van der Waals surface area contributed by atoms with Crippen LogP contribution in [0.4, 0.5) is 17.1 Å². The molecule has 0 saturated carbocycles. The molecule has 1 aromatic heterocycles.